The van der Waals surface area contributed by atoms with Crippen LogP contribution in [0.15, 0.2) is 65.6 Å². The zero-order chi connectivity index (χ0) is 20.3. The Morgan fingerprint density at radius 3 is 2.07 bits per heavy atom. The van der Waals surface area contributed by atoms with Gasteiger partial charge in [-0.1, -0.05) is 24.3 Å². The lowest BCUT2D eigenvalue weighted by Gasteiger charge is -2.14. The summed E-state index contributed by atoms with van der Waals surface area (Å²) in [7, 11) is 5.61. The molecule has 3 aromatic rings. The van der Waals surface area contributed by atoms with Gasteiger partial charge in [0, 0.05) is 10.5 Å². The smallest absolute Gasteiger partial charge is 0.250 e. The molecule has 28 heavy (non-hydrogen) atoms. The molecule has 0 heterocycles. The number of primary amides is 1. The number of ether oxygens (including phenoxy) is 1. The molecule has 0 unspecified atom stereocenters. The maximum Gasteiger partial charge on any atom is 0.250 e. The summed E-state index contributed by atoms with van der Waals surface area (Å²) in [5.41, 5.74) is 16.1. The van der Waals surface area contributed by atoms with E-state index in [2.05, 4.69) is 0 Å². The number of nitrogens with two attached hydrogens (primary N) is 2. The molecule has 0 aliphatic rings. The van der Waals surface area contributed by atoms with Crippen molar-refractivity contribution in [2.75, 3.05) is 26.9 Å². The lowest BCUT2D eigenvalue weighted by Crippen LogP contribution is -2.14. The number of methoxy groups -OCH3 is 1. The fraction of sp³-hybridized carbons (Fsp3) is 0.136. The third kappa shape index (κ3) is 4.30. The Morgan fingerprint density at radius 2 is 1.54 bits per heavy atom. The first-order valence-electron chi connectivity index (χ1n) is 8.72. The van der Waals surface area contributed by atoms with Crippen molar-refractivity contribution in [2.45, 2.75) is 4.90 Å². The summed E-state index contributed by atoms with van der Waals surface area (Å²) in [6.45, 7) is 0. The number of amides is 1. The fourth-order valence-electron chi connectivity index (χ4n) is 2.95. The molecular weight excluding hydrogens is 370 g/mol. The van der Waals surface area contributed by atoms with E-state index in [0.29, 0.717) is 11.3 Å². The molecule has 0 radical (unpaired) electrons. The van der Waals surface area contributed by atoms with Gasteiger partial charge in [-0.2, -0.15) is 0 Å². The summed E-state index contributed by atoms with van der Waals surface area (Å²) in [5.74, 6) is 0.220. The van der Waals surface area contributed by atoms with E-state index in [1.54, 1.807) is 25.1 Å². The van der Waals surface area contributed by atoms with Crippen LogP contribution in [-0.4, -0.2) is 31.4 Å². The first-order chi connectivity index (χ1) is 13.4. The predicted octanol–water partition coefficient (Wildman–Crippen LogP) is 4.28. The maximum atomic E-state index is 12.0. The highest BCUT2D eigenvalue weighted by Crippen LogP contribution is 2.35. The molecule has 0 saturated carbocycles. The molecule has 144 valence electrons. The van der Waals surface area contributed by atoms with Crippen molar-refractivity contribution in [1.29, 1.82) is 0 Å². The maximum absolute atomic E-state index is 12.0. The van der Waals surface area contributed by atoms with Crippen LogP contribution in [0.4, 0.5) is 5.69 Å². The Kier molecular flexibility index (Phi) is 5.92. The van der Waals surface area contributed by atoms with Crippen molar-refractivity contribution in [3.8, 4) is 28.0 Å². The number of rotatable bonds is 6. The number of hydrogen-bond acceptors (Lipinski definition) is 5. The normalized spacial score (nSPS) is 10.9. The topological polar surface area (TPSA) is 81.6 Å². The van der Waals surface area contributed by atoms with Gasteiger partial charge in [0.25, 0.3) is 5.91 Å². The summed E-state index contributed by atoms with van der Waals surface area (Å²) < 4.78 is 7.24. The minimum atomic E-state index is -0.547. The van der Waals surface area contributed by atoms with E-state index in [-0.39, 0.29) is 0 Å². The molecule has 5 nitrogen and oxygen atoms in total. The summed E-state index contributed by atoms with van der Waals surface area (Å²) in [6.07, 6.45) is 0. The highest BCUT2D eigenvalue weighted by Gasteiger charge is 2.15. The van der Waals surface area contributed by atoms with E-state index in [1.165, 1.54) is 0 Å². The van der Waals surface area contributed by atoms with Gasteiger partial charge in [-0.05, 0) is 79.1 Å². The van der Waals surface area contributed by atoms with Crippen molar-refractivity contribution in [2.24, 2.45) is 5.73 Å². The molecule has 1 amide bonds. The number of hydrogen-bond donors (Lipinski definition) is 2. The van der Waals surface area contributed by atoms with Crippen molar-refractivity contribution < 1.29 is 9.53 Å². The average Bonchev–Trinajstić information content (AvgIpc) is 2.68. The largest absolute Gasteiger partial charge is 0.497 e. The Labute approximate surface area is 169 Å². The number of nitrogen functional groups attached to an aromatic ring is 1. The molecule has 0 saturated heterocycles. The summed E-state index contributed by atoms with van der Waals surface area (Å²) in [6, 6.07) is 19.4. The minimum absolute atomic E-state index is 0.315. The van der Waals surface area contributed by atoms with Crippen molar-refractivity contribution in [3.63, 3.8) is 0 Å². The van der Waals surface area contributed by atoms with Crippen molar-refractivity contribution in [1.82, 2.24) is 4.31 Å². The molecule has 4 N–H and O–H groups in total. The molecule has 0 aromatic heterocycles. The van der Waals surface area contributed by atoms with Gasteiger partial charge in [-0.25, -0.2) is 0 Å². The van der Waals surface area contributed by atoms with Gasteiger partial charge in [0.15, 0.2) is 0 Å². The Hall–Kier alpha value is -2.96. The molecule has 0 atom stereocenters. The van der Waals surface area contributed by atoms with Crippen molar-refractivity contribution >= 4 is 23.5 Å². The Bertz CT molecular complexity index is 984. The minimum Gasteiger partial charge on any atom is -0.497 e. The van der Waals surface area contributed by atoms with Gasteiger partial charge in [0.2, 0.25) is 0 Å². The van der Waals surface area contributed by atoms with Crippen molar-refractivity contribution in [3.05, 3.63) is 66.2 Å². The molecule has 6 heteroatoms. The highest BCUT2D eigenvalue weighted by atomic mass is 32.2. The van der Waals surface area contributed by atoms with Crippen LogP contribution in [0.25, 0.3) is 22.3 Å². The van der Waals surface area contributed by atoms with E-state index in [9.17, 15) is 4.79 Å². The number of carbonyl (C=O) groups is 1. The number of nitrogens with zero attached hydrogens (tertiary/aromatic N) is 1. The molecule has 0 aliphatic carbocycles. The van der Waals surface area contributed by atoms with Crippen LogP contribution in [0.5, 0.6) is 5.75 Å². The van der Waals surface area contributed by atoms with Gasteiger partial charge in [-0.15, -0.1) is 0 Å². The number of benzene rings is 3. The predicted molar refractivity (Wildman–Crippen MR) is 116 cm³/mol. The van der Waals surface area contributed by atoms with Gasteiger partial charge in [-0.3, -0.25) is 9.10 Å². The molecule has 0 fully saturated rings. The monoisotopic (exact) mass is 393 g/mol. The zero-order valence-corrected chi connectivity index (χ0v) is 16.9. The van der Waals surface area contributed by atoms with Crippen LogP contribution in [-0.2, 0) is 0 Å². The lowest BCUT2D eigenvalue weighted by atomic mass is 9.94. The van der Waals surface area contributed by atoms with Crippen LogP contribution in [0.3, 0.4) is 0 Å². The zero-order valence-electron chi connectivity index (χ0n) is 16.1. The third-order valence-electron chi connectivity index (χ3n) is 4.32. The van der Waals surface area contributed by atoms with Crippen LogP contribution >= 0.6 is 11.9 Å². The summed E-state index contributed by atoms with van der Waals surface area (Å²) in [4.78, 5) is 13.1. The van der Waals surface area contributed by atoms with E-state index in [4.69, 9.17) is 16.2 Å². The van der Waals surface area contributed by atoms with E-state index < -0.39 is 5.91 Å². The second kappa shape index (κ2) is 8.37. The SMILES string of the molecule is COc1ccc(-c2cc(C(N)=O)c(N)c(-c3ccc(SN(C)C)cc3)c2)cc1. The second-order valence-electron chi connectivity index (χ2n) is 6.51. The second-order valence-corrected chi connectivity index (χ2v) is 7.89. The molecule has 3 rings (SSSR count). The molecule has 3 aromatic carbocycles. The summed E-state index contributed by atoms with van der Waals surface area (Å²) >= 11 is 1.63. The first-order valence-corrected chi connectivity index (χ1v) is 9.50. The van der Waals surface area contributed by atoms with Crippen LogP contribution in [0.1, 0.15) is 10.4 Å². The van der Waals surface area contributed by atoms with Crippen LogP contribution in [0.2, 0.25) is 0 Å². The quantitative estimate of drug-likeness (QED) is 0.483. The highest BCUT2D eigenvalue weighted by molar-refractivity contribution is 7.97. The lowest BCUT2D eigenvalue weighted by molar-refractivity contribution is 0.100. The molecule has 0 aliphatic heterocycles. The molecule has 0 spiro atoms. The van der Waals surface area contributed by atoms with Gasteiger partial charge in [0.05, 0.1) is 18.4 Å². The van der Waals surface area contributed by atoms with E-state index in [1.807, 2.05) is 73.0 Å². The van der Waals surface area contributed by atoms with Crippen LogP contribution < -0.4 is 16.2 Å². The van der Waals surface area contributed by atoms with Gasteiger partial charge in [0.1, 0.15) is 5.75 Å². The average molecular weight is 394 g/mol. The third-order valence-corrected chi connectivity index (χ3v) is 5.17. The Balaban J connectivity index is 2.09. The number of anilines is 1. The van der Waals surface area contributed by atoms with E-state index in [0.717, 1.165) is 32.9 Å². The summed E-state index contributed by atoms with van der Waals surface area (Å²) in [5, 5.41) is 0. The fourth-order valence-corrected chi connectivity index (χ4v) is 3.63. The Morgan fingerprint density at radius 1 is 0.929 bits per heavy atom. The number of carbonyl (C=O) groups excluding carboxylic acids is 1. The van der Waals surface area contributed by atoms with Crippen LogP contribution in [0, 0.1) is 0 Å². The molecule has 0 bridgehead atoms. The van der Waals surface area contributed by atoms with Gasteiger partial charge >= 0.3 is 0 Å². The first kappa shape index (κ1) is 19.8. The van der Waals surface area contributed by atoms with Gasteiger partial charge < -0.3 is 16.2 Å². The molecular formula is C22H23N3O2S. The standard InChI is InChI=1S/C22H23N3O2S/c1-25(2)28-18-10-6-15(7-11-18)19-12-16(13-20(21(19)23)22(24)26)14-4-8-17(27-3)9-5-14/h4-13H,23H2,1-3H3,(H2,24,26). The van der Waals surface area contributed by atoms with E-state index >= 15 is 0 Å².